The third-order valence-corrected chi connectivity index (χ3v) is 3.82. The monoisotopic (exact) mass is 335 g/mol. The Labute approximate surface area is 147 Å². The number of nitrogens with one attached hydrogen (secondary N) is 1. The van der Waals surface area contributed by atoms with Gasteiger partial charge in [0.2, 0.25) is 0 Å². The lowest BCUT2D eigenvalue weighted by Gasteiger charge is -2.08. The van der Waals surface area contributed by atoms with Crippen LogP contribution in [0.15, 0.2) is 71.3 Å². The van der Waals surface area contributed by atoms with Crippen LogP contribution in [0, 0.1) is 6.92 Å². The summed E-state index contributed by atoms with van der Waals surface area (Å²) in [6, 6.07) is 19.3. The first-order chi connectivity index (χ1) is 12.2. The van der Waals surface area contributed by atoms with Crippen LogP contribution in [0.5, 0.6) is 0 Å². The van der Waals surface area contributed by atoms with Gasteiger partial charge in [0.05, 0.1) is 12.9 Å². The van der Waals surface area contributed by atoms with Crippen LogP contribution in [-0.2, 0) is 24.5 Å². The Morgan fingerprint density at radius 1 is 1.00 bits per heavy atom. The van der Waals surface area contributed by atoms with Gasteiger partial charge in [-0.2, -0.15) is 0 Å². The van der Waals surface area contributed by atoms with E-state index in [1.54, 1.807) is 6.26 Å². The first-order valence-corrected chi connectivity index (χ1v) is 8.23. The molecule has 0 aliphatic heterocycles. The van der Waals surface area contributed by atoms with Crippen LogP contribution < -0.4 is 5.32 Å². The maximum Gasteiger partial charge on any atom is 0.251 e. The summed E-state index contributed by atoms with van der Waals surface area (Å²) in [6.45, 7) is 3.41. The van der Waals surface area contributed by atoms with Crippen LogP contribution in [0.1, 0.15) is 32.8 Å². The maximum absolute atomic E-state index is 12.2. The van der Waals surface area contributed by atoms with Crippen molar-refractivity contribution in [2.24, 2.45) is 0 Å². The van der Waals surface area contributed by atoms with E-state index < -0.39 is 0 Å². The molecule has 25 heavy (non-hydrogen) atoms. The highest BCUT2D eigenvalue weighted by Gasteiger charge is 2.05. The van der Waals surface area contributed by atoms with Crippen molar-refractivity contribution >= 4 is 5.91 Å². The quantitative estimate of drug-likeness (QED) is 0.703. The fourth-order valence-electron chi connectivity index (χ4n) is 2.56. The molecule has 1 heterocycles. The molecule has 0 saturated carbocycles. The Balaban J connectivity index is 1.51. The molecule has 4 heteroatoms. The van der Waals surface area contributed by atoms with Gasteiger partial charge < -0.3 is 14.5 Å². The Morgan fingerprint density at radius 3 is 2.64 bits per heavy atom. The molecule has 1 aromatic heterocycles. The summed E-state index contributed by atoms with van der Waals surface area (Å²) in [5, 5.41) is 2.95. The molecular formula is C21H21NO3. The molecule has 1 amide bonds. The fourth-order valence-corrected chi connectivity index (χ4v) is 2.56. The zero-order chi connectivity index (χ0) is 17.5. The molecule has 2 aromatic carbocycles. The van der Waals surface area contributed by atoms with Crippen molar-refractivity contribution in [3.8, 4) is 0 Å². The van der Waals surface area contributed by atoms with Gasteiger partial charge in [-0.3, -0.25) is 4.79 Å². The summed E-state index contributed by atoms with van der Waals surface area (Å²) in [5.74, 6) is 0.741. The number of carbonyl (C=O) groups is 1. The molecule has 0 unspecified atom stereocenters. The smallest absolute Gasteiger partial charge is 0.251 e. The lowest BCUT2D eigenvalue weighted by molar-refractivity contribution is 0.0928. The first kappa shape index (κ1) is 17.0. The normalized spacial score (nSPS) is 10.6. The largest absolute Gasteiger partial charge is 0.467 e. The molecule has 3 aromatic rings. The highest BCUT2D eigenvalue weighted by Crippen LogP contribution is 2.10. The number of carbonyl (C=O) groups excluding carboxylic acids is 1. The van der Waals surface area contributed by atoms with E-state index in [0.29, 0.717) is 25.3 Å². The van der Waals surface area contributed by atoms with Crippen LogP contribution in [0.3, 0.4) is 0 Å². The topological polar surface area (TPSA) is 51.5 Å². The first-order valence-electron chi connectivity index (χ1n) is 8.23. The van der Waals surface area contributed by atoms with Crippen LogP contribution >= 0.6 is 0 Å². The molecule has 0 bridgehead atoms. The van der Waals surface area contributed by atoms with Gasteiger partial charge in [-0.05, 0) is 42.3 Å². The Morgan fingerprint density at radius 2 is 1.84 bits per heavy atom. The second-order valence-electron chi connectivity index (χ2n) is 5.94. The average Bonchev–Trinajstić information content (AvgIpc) is 3.13. The molecule has 0 aliphatic rings. The van der Waals surface area contributed by atoms with E-state index in [0.717, 1.165) is 22.5 Å². The molecule has 3 rings (SSSR count). The third kappa shape index (κ3) is 5.06. The standard InChI is InChI=1S/C21H21NO3/c1-16-5-2-8-19(11-16)21(23)22-13-17-6-3-7-18(12-17)14-24-15-20-9-4-10-25-20/h2-12H,13-15H2,1H3,(H,22,23). The molecule has 0 atom stereocenters. The van der Waals surface area contributed by atoms with Gasteiger partial charge in [-0.15, -0.1) is 0 Å². The van der Waals surface area contributed by atoms with Gasteiger partial charge in [0.15, 0.2) is 0 Å². The molecule has 0 radical (unpaired) electrons. The van der Waals surface area contributed by atoms with Crippen molar-refractivity contribution < 1.29 is 13.9 Å². The summed E-state index contributed by atoms with van der Waals surface area (Å²) < 4.78 is 10.9. The zero-order valence-corrected chi connectivity index (χ0v) is 14.2. The van der Waals surface area contributed by atoms with E-state index in [-0.39, 0.29) is 5.91 Å². The number of aryl methyl sites for hydroxylation is 1. The van der Waals surface area contributed by atoms with E-state index in [1.807, 2.05) is 67.6 Å². The number of benzene rings is 2. The summed E-state index contributed by atoms with van der Waals surface area (Å²) in [4.78, 5) is 12.2. The second kappa shape index (κ2) is 8.31. The van der Waals surface area contributed by atoms with Crippen LogP contribution in [-0.4, -0.2) is 5.91 Å². The number of rotatable bonds is 7. The SMILES string of the molecule is Cc1cccc(C(=O)NCc2cccc(COCc3ccco3)c2)c1. The predicted octanol–water partition coefficient (Wildman–Crippen LogP) is 4.23. The molecule has 0 spiro atoms. The molecule has 1 N–H and O–H groups in total. The summed E-state index contributed by atoms with van der Waals surface area (Å²) in [5.41, 5.74) is 3.86. The molecular weight excluding hydrogens is 314 g/mol. The second-order valence-corrected chi connectivity index (χ2v) is 5.94. The Bertz CT molecular complexity index is 825. The van der Waals surface area contributed by atoms with Crippen molar-refractivity contribution in [2.45, 2.75) is 26.7 Å². The zero-order valence-electron chi connectivity index (χ0n) is 14.2. The minimum atomic E-state index is -0.0665. The minimum absolute atomic E-state index is 0.0665. The number of hydrogen-bond acceptors (Lipinski definition) is 3. The molecule has 0 saturated heterocycles. The fraction of sp³-hybridized carbons (Fsp3) is 0.190. The summed E-state index contributed by atoms with van der Waals surface area (Å²) in [7, 11) is 0. The summed E-state index contributed by atoms with van der Waals surface area (Å²) in [6.07, 6.45) is 1.64. The number of hydrogen-bond donors (Lipinski definition) is 1. The maximum atomic E-state index is 12.2. The minimum Gasteiger partial charge on any atom is -0.467 e. The summed E-state index contributed by atoms with van der Waals surface area (Å²) >= 11 is 0. The van der Waals surface area contributed by atoms with E-state index in [1.165, 1.54) is 0 Å². The van der Waals surface area contributed by atoms with Crippen molar-refractivity contribution in [1.82, 2.24) is 5.32 Å². The van der Waals surface area contributed by atoms with Crippen LogP contribution in [0.2, 0.25) is 0 Å². The van der Waals surface area contributed by atoms with Crippen LogP contribution in [0.4, 0.5) is 0 Å². The third-order valence-electron chi connectivity index (χ3n) is 3.82. The van der Waals surface area contributed by atoms with Gasteiger partial charge in [0, 0.05) is 12.1 Å². The molecule has 0 aliphatic carbocycles. The van der Waals surface area contributed by atoms with Gasteiger partial charge >= 0.3 is 0 Å². The van der Waals surface area contributed by atoms with Gasteiger partial charge in [-0.25, -0.2) is 0 Å². The Hall–Kier alpha value is -2.85. The van der Waals surface area contributed by atoms with Crippen molar-refractivity contribution in [3.05, 3.63) is 94.9 Å². The number of furan rings is 1. The van der Waals surface area contributed by atoms with Crippen molar-refractivity contribution in [3.63, 3.8) is 0 Å². The molecule has 4 nitrogen and oxygen atoms in total. The lowest BCUT2D eigenvalue weighted by atomic mass is 10.1. The Kier molecular flexibility index (Phi) is 5.65. The van der Waals surface area contributed by atoms with Gasteiger partial charge in [-0.1, -0.05) is 42.0 Å². The highest BCUT2D eigenvalue weighted by atomic mass is 16.5. The van der Waals surface area contributed by atoms with E-state index in [9.17, 15) is 4.79 Å². The highest BCUT2D eigenvalue weighted by molar-refractivity contribution is 5.94. The molecule has 0 fully saturated rings. The number of amides is 1. The van der Waals surface area contributed by atoms with E-state index >= 15 is 0 Å². The van der Waals surface area contributed by atoms with Gasteiger partial charge in [0.25, 0.3) is 5.91 Å². The van der Waals surface area contributed by atoms with Crippen LogP contribution in [0.25, 0.3) is 0 Å². The molecule has 128 valence electrons. The van der Waals surface area contributed by atoms with E-state index in [4.69, 9.17) is 9.15 Å². The van der Waals surface area contributed by atoms with Crippen molar-refractivity contribution in [2.75, 3.05) is 0 Å². The van der Waals surface area contributed by atoms with E-state index in [2.05, 4.69) is 5.32 Å². The lowest BCUT2D eigenvalue weighted by Crippen LogP contribution is -2.22. The predicted molar refractivity (Wildman–Crippen MR) is 96.0 cm³/mol. The number of ether oxygens (including phenoxy) is 1. The average molecular weight is 335 g/mol. The van der Waals surface area contributed by atoms with Crippen molar-refractivity contribution in [1.29, 1.82) is 0 Å². The van der Waals surface area contributed by atoms with Gasteiger partial charge in [0.1, 0.15) is 12.4 Å².